The van der Waals surface area contributed by atoms with Crippen LogP contribution in [0.5, 0.6) is 0 Å². The Morgan fingerprint density at radius 3 is 2.61 bits per heavy atom. The van der Waals surface area contributed by atoms with Crippen molar-refractivity contribution in [3.63, 3.8) is 0 Å². The van der Waals surface area contributed by atoms with Crippen LogP contribution in [0.2, 0.25) is 0 Å². The van der Waals surface area contributed by atoms with Crippen molar-refractivity contribution in [3.8, 4) is 16.9 Å². The highest BCUT2D eigenvalue weighted by molar-refractivity contribution is 7.89. The summed E-state index contributed by atoms with van der Waals surface area (Å²) >= 11 is 1.59. The van der Waals surface area contributed by atoms with Gasteiger partial charge < -0.3 is 14.6 Å². The standard InChI is InChI=1S/C22H28N4O3S2/c1-15(2)23-22-24-21(14-30-22)20-12-16(3)26(17(20)4)18-6-5-7-19(13-18)31(27,28)25-8-10-29-11-9-25/h5-7,12-15H,8-11H2,1-4H3,(H,23,24). The number of hydrogen-bond donors (Lipinski definition) is 1. The fourth-order valence-electron chi connectivity index (χ4n) is 3.85. The van der Waals surface area contributed by atoms with Crippen LogP contribution in [0.25, 0.3) is 16.9 Å². The summed E-state index contributed by atoms with van der Waals surface area (Å²) in [5.74, 6) is 0. The topological polar surface area (TPSA) is 76.5 Å². The molecule has 4 rings (SSSR count). The first-order valence-electron chi connectivity index (χ1n) is 10.4. The molecule has 3 aromatic rings. The average molecular weight is 461 g/mol. The number of aromatic nitrogens is 2. The van der Waals surface area contributed by atoms with Gasteiger partial charge in [-0.1, -0.05) is 6.07 Å². The van der Waals surface area contributed by atoms with Crippen LogP contribution in [0.15, 0.2) is 40.6 Å². The van der Waals surface area contributed by atoms with E-state index in [-0.39, 0.29) is 0 Å². The Bertz CT molecular complexity index is 1180. The summed E-state index contributed by atoms with van der Waals surface area (Å²) in [5.41, 5.74) is 4.85. The molecule has 7 nitrogen and oxygen atoms in total. The molecule has 166 valence electrons. The lowest BCUT2D eigenvalue weighted by molar-refractivity contribution is 0.0730. The molecule has 0 unspecified atom stereocenters. The van der Waals surface area contributed by atoms with E-state index in [9.17, 15) is 8.42 Å². The number of hydrogen-bond acceptors (Lipinski definition) is 6. The van der Waals surface area contributed by atoms with Gasteiger partial charge in [0.2, 0.25) is 10.0 Å². The molecule has 0 spiro atoms. The lowest BCUT2D eigenvalue weighted by Crippen LogP contribution is -2.40. The van der Waals surface area contributed by atoms with Gasteiger partial charge >= 0.3 is 0 Å². The van der Waals surface area contributed by atoms with E-state index >= 15 is 0 Å². The molecule has 0 bridgehead atoms. The third kappa shape index (κ3) is 4.41. The predicted molar refractivity (Wildman–Crippen MR) is 125 cm³/mol. The van der Waals surface area contributed by atoms with Crippen molar-refractivity contribution in [1.82, 2.24) is 13.9 Å². The van der Waals surface area contributed by atoms with Crippen molar-refractivity contribution in [3.05, 3.63) is 47.1 Å². The lowest BCUT2D eigenvalue weighted by atomic mass is 10.2. The monoisotopic (exact) mass is 460 g/mol. The summed E-state index contributed by atoms with van der Waals surface area (Å²) in [6.07, 6.45) is 0. The number of thiazole rings is 1. The summed E-state index contributed by atoms with van der Waals surface area (Å²) < 4.78 is 35.1. The van der Waals surface area contributed by atoms with E-state index in [2.05, 4.69) is 35.2 Å². The molecular formula is C22H28N4O3S2. The molecule has 1 aliphatic heterocycles. The van der Waals surface area contributed by atoms with Gasteiger partial charge in [0, 0.05) is 47.2 Å². The number of rotatable bonds is 6. The van der Waals surface area contributed by atoms with Crippen LogP contribution in [0.1, 0.15) is 25.2 Å². The number of aryl methyl sites for hydroxylation is 1. The minimum absolute atomic E-state index is 0.304. The van der Waals surface area contributed by atoms with Crippen molar-refractivity contribution in [2.24, 2.45) is 0 Å². The maximum absolute atomic E-state index is 13.1. The third-order valence-corrected chi connectivity index (χ3v) is 7.98. The summed E-state index contributed by atoms with van der Waals surface area (Å²) in [6, 6.07) is 9.58. The first-order chi connectivity index (χ1) is 14.8. The maximum Gasteiger partial charge on any atom is 0.243 e. The third-order valence-electron chi connectivity index (χ3n) is 5.31. The highest BCUT2D eigenvalue weighted by atomic mass is 32.2. The van der Waals surface area contributed by atoms with Gasteiger partial charge in [-0.05, 0) is 52.0 Å². The second kappa shape index (κ2) is 8.74. The number of morpholine rings is 1. The van der Waals surface area contributed by atoms with Crippen molar-refractivity contribution in [1.29, 1.82) is 0 Å². The zero-order valence-electron chi connectivity index (χ0n) is 18.3. The molecule has 0 aliphatic carbocycles. The number of benzene rings is 1. The Morgan fingerprint density at radius 1 is 1.16 bits per heavy atom. The minimum atomic E-state index is -3.55. The molecule has 31 heavy (non-hydrogen) atoms. The number of nitrogens with one attached hydrogen (secondary N) is 1. The summed E-state index contributed by atoms with van der Waals surface area (Å²) in [4.78, 5) is 5.03. The van der Waals surface area contributed by atoms with Gasteiger partial charge in [0.1, 0.15) is 0 Å². The molecule has 9 heteroatoms. The number of sulfonamides is 1. The minimum Gasteiger partial charge on any atom is -0.379 e. The zero-order chi connectivity index (χ0) is 22.2. The molecule has 1 aromatic carbocycles. The number of nitrogens with zero attached hydrogens (tertiary/aromatic N) is 3. The van der Waals surface area contributed by atoms with Crippen LogP contribution >= 0.6 is 11.3 Å². The molecule has 0 radical (unpaired) electrons. The van der Waals surface area contributed by atoms with E-state index in [1.165, 1.54) is 4.31 Å². The Morgan fingerprint density at radius 2 is 1.90 bits per heavy atom. The van der Waals surface area contributed by atoms with Gasteiger partial charge in [-0.15, -0.1) is 11.3 Å². The normalized spacial score (nSPS) is 15.5. The molecule has 0 amide bonds. The van der Waals surface area contributed by atoms with Gasteiger partial charge in [-0.2, -0.15) is 4.31 Å². The molecule has 0 saturated carbocycles. The summed E-state index contributed by atoms with van der Waals surface area (Å²) in [6.45, 7) is 9.87. The van der Waals surface area contributed by atoms with E-state index < -0.39 is 10.0 Å². The zero-order valence-corrected chi connectivity index (χ0v) is 19.9. The van der Waals surface area contributed by atoms with Crippen molar-refractivity contribution in [2.45, 2.75) is 38.6 Å². The van der Waals surface area contributed by atoms with Crippen LogP contribution in [-0.2, 0) is 14.8 Å². The molecule has 1 saturated heterocycles. The molecule has 1 aliphatic rings. The molecule has 0 atom stereocenters. The summed E-state index contributed by atoms with van der Waals surface area (Å²) in [7, 11) is -3.55. The van der Waals surface area contributed by atoms with Crippen molar-refractivity contribution < 1.29 is 13.2 Å². The second-order valence-corrected chi connectivity index (χ2v) is 10.8. The van der Waals surface area contributed by atoms with E-state index in [0.29, 0.717) is 37.2 Å². The Balaban J connectivity index is 1.69. The Hall–Kier alpha value is -2.20. The lowest BCUT2D eigenvalue weighted by Gasteiger charge is -2.26. The highest BCUT2D eigenvalue weighted by Crippen LogP contribution is 2.32. The van der Waals surface area contributed by atoms with Crippen LogP contribution in [0.4, 0.5) is 5.13 Å². The van der Waals surface area contributed by atoms with Gasteiger partial charge in [-0.25, -0.2) is 13.4 Å². The van der Waals surface area contributed by atoms with Gasteiger partial charge in [0.05, 0.1) is 23.8 Å². The maximum atomic E-state index is 13.1. The SMILES string of the molecule is Cc1cc(-c2csc(NC(C)C)n2)c(C)n1-c1cccc(S(=O)(=O)N2CCOCC2)c1. The van der Waals surface area contributed by atoms with Crippen LogP contribution in [0, 0.1) is 13.8 Å². The van der Waals surface area contributed by atoms with Crippen LogP contribution < -0.4 is 5.32 Å². The van der Waals surface area contributed by atoms with Gasteiger partial charge in [0.25, 0.3) is 0 Å². The van der Waals surface area contributed by atoms with E-state index in [0.717, 1.165) is 33.5 Å². The average Bonchev–Trinajstić information content (AvgIpc) is 3.31. The predicted octanol–water partition coefficient (Wildman–Crippen LogP) is 4.06. The van der Waals surface area contributed by atoms with Crippen molar-refractivity contribution >= 4 is 26.5 Å². The quantitative estimate of drug-likeness (QED) is 0.600. The van der Waals surface area contributed by atoms with E-state index in [1.807, 2.05) is 19.9 Å². The van der Waals surface area contributed by atoms with Crippen LogP contribution in [0.3, 0.4) is 0 Å². The second-order valence-electron chi connectivity index (χ2n) is 7.97. The Kier molecular flexibility index (Phi) is 6.20. The fourth-order valence-corrected chi connectivity index (χ4v) is 6.16. The Labute approximate surface area is 187 Å². The molecule has 3 heterocycles. The first kappa shape index (κ1) is 22.0. The molecule has 1 fully saturated rings. The number of ether oxygens (including phenoxy) is 1. The van der Waals surface area contributed by atoms with Gasteiger partial charge in [-0.3, -0.25) is 0 Å². The van der Waals surface area contributed by atoms with Crippen molar-refractivity contribution in [2.75, 3.05) is 31.6 Å². The van der Waals surface area contributed by atoms with Gasteiger partial charge in [0.15, 0.2) is 5.13 Å². The molecular weight excluding hydrogens is 432 g/mol. The molecule has 1 N–H and O–H groups in total. The van der Waals surface area contributed by atoms with E-state index in [4.69, 9.17) is 9.72 Å². The first-order valence-corrected chi connectivity index (χ1v) is 12.7. The molecule has 2 aromatic heterocycles. The van der Waals surface area contributed by atoms with E-state index in [1.54, 1.807) is 29.5 Å². The summed E-state index contributed by atoms with van der Waals surface area (Å²) in [5, 5.41) is 6.29. The highest BCUT2D eigenvalue weighted by Gasteiger charge is 2.27. The largest absolute Gasteiger partial charge is 0.379 e. The van der Waals surface area contributed by atoms with Crippen LogP contribution in [-0.4, -0.2) is 54.6 Å². The number of anilines is 1. The smallest absolute Gasteiger partial charge is 0.243 e. The fraction of sp³-hybridized carbons (Fsp3) is 0.409.